The van der Waals surface area contributed by atoms with Crippen molar-refractivity contribution in [2.45, 2.75) is 52.6 Å². The van der Waals surface area contributed by atoms with Gasteiger partial charge in [-0.15, -0.1) is 0 Å². The van der Waals surface area contributed by atoms with Gasteiger partial charge in [-0.3, -0.25) is 0 Å². The number of hydrogen-bond donors (Lipinski definition) is 2. The van der Waals surface area contributed by atoms with Gasteiger partial charge in [0.2, 0.25) is 0 Å². The molecule has 0 bridgehead atoms. The maximum Gasteiger partial charge on any atom is 0.0622 e. The first-order valence-corrected chi connectivity index (χ1v) is 5.40. The monoisotopic (exact) mass is 200 g/mol. The highest BCUT2D eigenvalue weighted by Crippen LogP contribution is 2.31. The fraction of sp³-hybridized carbons (Fsp3) is 0.833. The SMILES string of the molecule is CC1=CC[C@@H](C(C)(C)O)CC1.CCO. The molecule has 0 aliphatic heterocycles. The topological polar surface area (TPSA) is 40.5 Å². The van der Waals surface area contributed by atoms with Gasteiger partial charge in [0.25, 0.3) is 0 Å². The van der Waals surface area contributed by atoms with Gasteiger partial charge in [0.05, 0.1) is 5.60 Å². The summed E-state index contributed by atoms with van der Waals surface area (Å²) < 4.78 is 0. The molecule has 2 heteroatoms. The molecule has 0 saturated heterocycles. The van der Waals surface area contributed by atoms with E-state index in [1.165, 1.54) is 5.57 Å². The van der Waals surface area contributed by atoms with Gasteiger partial charge in [-0.1, -0.05) is 11.6 Å². The van der Waals surface area contributed by atoms with Gasteiger partial charge >= 0.3 is 0 Å². The van der Waals surface area contributed by atoms with Crippen molar-refractivity contribution >= 4 is 0 Å². The lowest BCUT2D eigenvalue weighted by molar-refractivity contribution is 0.0126. The molecular weight excluding hydrogens is 176 g/mol. The summed E-state index contributed by atoms with van der Waals surface area (Å²) in [4.78, 5) is 0. The molecule has 0 aromatic rings. The van der Waals surface area contributed by atoms with Crippen LogP contribution in [-0.2, 0) is 0 Å². The van der Waals surface area contributed by atoms with E-state index in [0.29, 0.717) is 5.92 Å². The van der Waals surface area contributed by atoms with Crippen LogP contribution in [0.5, 0.6) is 0 Å². The Labute approximate surface area is 87.7 Å². The highest BCUT2D eigenvalue weighted by atomic mass is 16.3. The van der Waals surface area contributed by atoms with Crippen LogP contribution in [0.1, 0.15) is 47.0 Å². The molecule has 0 radical (unpaired) electrons. The number of aliphatic hydroxyl groups excluding tert-OH is 1. The van der Waals surface area contributed by atoms with E-state index in [9.17, 15) is 5.11 Å². The molecule has 1 aliphatic carbocycles. The molecule has 2 nitrogen and oxygen atoms in total. The zero-order chi connectivity index (χ0) is 11.2. The van der Waals surface area contributed by atoms with Crippen LogP contribution >= 0.6 is 0 Å². The van der Waals surface area contributed by atoms with Crippen molar-refractivity contribution in [2.24, 2.45) is 5.92 Å². The minimum Gasteiger partial charge on any atom is -0.397 e. The second-order valence-electron chi connectivity index (χ2n) is 4.49. The Morgan fingerprint density at radius 1 is 1.50 bits per heavy atom. The van der Waals surface area contributed by atoms with Crippen molar-refractivity contribution in [1.82, 2.24) is 0 Å². The summed E-state index contributed by atoms with van der Waals surface area (Å²) in [5, 5.41) is 17.3. The van der Waals surface area contributed by atoms with Crippen molar-refractivity contribution in [2.75, 3.05) is 6.61 Å². The fourth-order valence-corrected chi connectivity index (χ4v) is 1.61. The standard InChI is InChI=1S/C10H18O.C2H6O/c1-8-4-6-9(7-5-8)10(2,3)11;1-2-3/h4,9,11H,5-7H2,1-3H3;3H,2H2,1H3/t9-;/m1./s1. The Kier molecular flexibility index (Phi) is 6.05. The molecule has 0 saturated carbocycles. The molecule has 0 aromatic heterocycles. The molecule has 84 valence electrons. The zero-order valence-corrected chi connectivity index (χ0v) is 9.88. The Hall–Kier alpha value is -0.340. The third-order valence-corrected chi connectivity index (χ3v) is 2.64. The van der Waals surface area contributed by atoms with Crippen LogP contribution in [0.25, 0.3) is 0 Å². The van der Waals surface area contributed by atoms with Gasteiger partial charge in [0.1, 0.15) is 0 Å². The largest absolute Gasteiger partial charge is 0.397 e. The van der Waals surface area contributed by atoms with E-state index in [1.54, 1.807) is 6.92 Å². The van der Waals surface area contributed by atoms with Crippen LogP contribution in [0.3, 0.4) is 0 Å². The van der Waals surface area contributed by atoms with E-state index in [2.05, 4.69) is 13.0 Å². The highest BCUT2D eigenvalue weighted by Gasteiger charge is 2.27. The van der Waals surface area contributed by atoms with Gasteiger partial charge in [0.15, 0.2) is 0 Å². The normalized spacial score (nSPS) is 22.1. The summed E-state index contributed by atoms with van der Waals surface area (Å²) in [6, 6.07) is 0. The second kappa shape index (κ2) is 6.20. The van der Waals surface area contributed by atoms with Gasteiger partial charge in [0, 0.05) is 6.61 Å². The van der Waals surface area contributed by atoms with Gasteiger partial charge in [-0.05, 0) is 52.9 Å². The zero-order valence-electron chi connectivity index (χ0n) is 9.88. The average Bonchev–Trinajstić information content (AvgIpc) is 2.04. The van der Waals surface area contributed by atoms with Crippen LogP contribution in [0.15, 0.2) is 11.6 Å². The summed E-state index contributed by atoms with van der Waals surface area (Å²) in [6.45, 7) is 7.92. The maximum absolute atomic E-state index is 9.70. The van der Waals surface area contributed by atoms with Crippen molar-refractivity contribution in [3.63, 3.8) is 0 Å². The summed E-state index contributed by atoms with van der Waals surface area (Å²) >= 11 is 0. The third kappa shape index (κ3) is 5.40. The minimum absolute atomic E-state index is 0.250. The first-order valence-electron chi connectivity index (χ1n) is 5.40. The lowest BCUT2D eigenvalue weighted by Gasteiger charge is -2.31. The molecule has 0 heterocycles. The lowest BCUT2D eigenvalue weighted by atomic mass is 9.80. The Morgan fingerprint density at radius 3 is 2.29 bits per heavy atom. The van der Waals surface area contributed by atoms with Gasteiger partial charge in [-0.2, -0.15) is 0 Å². The molecule has 0 unspecified atom stereocenters. The Morgan fingerprint density at radius 2 is 2.00 bits per heavy atom. The molecule has 1 atom stereocenters. The lowest BCUT2D eigenvalue weighted by Crippen LogP contribution is -2.31. The number of hydrogen-bond acceptors (Lipinski definition) is 2. The average molecular weight is 200 g/mol. The molecule has 0 spiro atoms. The van der Waals surface area contributed by atoms with Crippen molar-refractivity contribution < 1.29 is 10.2 Å². The highest BCUT2D eigenvalue weighted by molar-refractivity contribution is 5.04. The van der Waals surface area contributed by atoms with Crippen LogP contribution in [-0.4, -0.2) is 22.4 Å². The minimum atomic E-state index is -0.489. The second-order valence-corrected chi connectivity index (χ2v) is 4.49. The maximum atomic E-state index is 9.70. The van der Waals surface area contributed by atoms with Crippen molar-refractivity contribution in [1.29, 1.82) is 0 Å². The van der Waals surface area contributed by atoms with Gasteiger partial charge < -0.3 is 10.2 Å². The van der Waals surface area contributed by atoms with E-state index in [-0.39, 0.29) is 6.61 Å². The predicted octanol–water partition coefficient (Wildman–Crippen LogP) is 2.50. The molecule has 0 amide bonds. The Bertz CT molecular complexity index is 177. The number of aliphatic hydroxyl groups is 2. The smallest absolute Gasteiger partial charge is 0.0622 e. The van der Waals surface area contributed by atoms with E-state index in [1.807, 2.05) is 13.8 Å². The van der Waals surface area contributed by atoms with Crippen LogP contribution in [0, 0.1) is 5.92 Å². The molecular formula is C12H24O2. The molecule has 2 N–H and O–H groups in total. The molecule has 0 fully saturated rings. The molecule has 0 aromatic carbocycles. The summed E-state index contributed by atoms with van der Waals surface area (Å²) in [7, 11) is 0. The van der Waals surface area contributed by atoms with E-state index in [4.69, 9.17) is 5.11 Å². The number of rotatable bonds is 1. The van der Waals surface area contributed by atoms with Crippen LogP contribution < -0.4 is 0 Å². The molecule has 14 heavy (non-hydrogen) atoms. The Balaban J connectivity index is 0.000000500. The summed E-state index contributed by atoms with van der Waals surface area (Å²) in [6.07, 6.45) is 5.61. The quantitative estimate of drug-likeness (QED) is 0.638. The first-order chi connectivity index (χ1) is 6.41. The van der Waals surface area contributed by atoms with Crippen LogP contribution in [0.4, 0.5) is 0 Å². The van der Waals surface area contributed by atoms with Gasteiger partial charge in [-0.25, -0.2) is 0 Å². The number of allylic oxidation sites excluding steroid dienone is 2. The van der Waals surface area contributed by atoms with E-state index >= 15 is 0 Å². The van der Waals surface area contributed by atoms with Crippen LogP contribution in [0.2, 0.25) is 0 Å². The molecule has 1 aliphatic rings. The predicted molar refractivity (Wildman–Crippen MR) is 60.2 cm³/mol. The summed E-state index contributed by atoms with van der Waals surface area (Å²) in [5.74, 6) is 0.464. The molecule has 1 rings (SSSR count). The van der Waals surface area contributed by atoms with Crippen molar-refractivity contribution in [3.05, 3.63) is 11.6 Å². The first kappa shape index (κ1) is 13.7. The van der Waals surface area contributed by atoms with E-state index < -0.39 is 5.60 Å². The van der Waals surface area contributed by atoms with E-state index in [0.717, 1.165) is 19.3 Å². The van der Waals surface area contributed by atoms with Crippen molar-refractivity contribution in [3.8, 4) is 0 Å². The third-order valence-electron chi connectivity index (χ3n) is 2.64. The summed E-state index contributed by atoms with van der Waals surface area (Å²) in [5.41, 5.74) is 0.988. The fourth-order valence-electron chi connectivity index (χ4n) is 1.61.